The van der Waals surface area contributed by atoms with E-state index in [1.165, 1.54) is 18.2 Å². The number of nitro groups is 1. The van der Waals surface area contributed by atoms with Crippen LogP contribution in [0.3, 0.4) is 0 Å². The molecule has 0 aliphatic heterocycles. The molecule has 0 spiro atoms. The summed E-state index contributed by atoms with van der Waals surface area (Å²) in [5.41, 5.74) is -0.189. The summed E-state index contributed by atoms with van der Waals surface area (Å²) < 4.78 is 0. The predicted octanol–water partition coefficient (Wildman–Crippen LogP) is 2.14. The van der Waals surface area contributed by atoms with Gasteiger partial charge in [-0.2, -0.15) is 0 Å². The summed E-state index contributed by atoms with van der Waals surface area (Å²) >= 11 is 0. The molecule has 0 unspecified atom stereocenters. The molecule has 8 heteroatoms. The number of para-hydroxylation sites is 1. The summed E-state index contributed by atoms with van der Waals surface area (Å²) in [4.78, 5) is 37.3. The molecule has 8 nitrogen and oxygen atoms in total. The van der Waals surface area contributed by atoms with Crippen molar-refractivity contribution in [2.24, 2.45) is 0 Å². The van der Waals surface area contributed by atoms with Gasteiger partial charge in [0.05, 0.1) is 4.92 Å². The van der Waals surface area contributed by atoms with Crippen molar-refractivity contribution in [1.82, 2.24) is 10.2 Å². The number of anilines is 1. The van der Waals surface area contributed by atoms with Crippen LogP contribution < -0.4 is 10.6 Å². The number of nitro benzene ring substituents is 1. The lowest BCUT2D eigenvalue weighted by Crippen LogP contribution is -2.31. The number of rotatable bonds is 7. The van der Waals surface area contributed by atoms with E-state index in [-0.39, 0.29) is 11.3 Å². The fraction of sp³-hybridized carbons (Fsp3) is 0.222. The Kier molecular flexibility index (Phi) is 6.40. The summed E-state index contributed by atoms with van der Waals surface area (Å²) in [6.45, 7) is 0.952. The number of carbonyl (C=O) groups excluding carboxylic acids is 2. The molecule has 0 heterocycles. The second-order valence-corrected chi connectivity index (χ2v) is 5.84. The molecule has 2 amide bonds. The first-order chi connectivity index (χ1) is 12.4. The molecule has 0 aromatic heterocycles. The molecule has 2 N–H and O–H groups in total. The Morgan fingerprint density at radius 2 is 1.73 bits per heavy atom. The van der Waals surface area contributed by atoms with Crippen molar-refractivity contribution >= 4 is 23.2 Å². The van der Waals surface area contributed by atoms with Gasteiger partial charge in [-0.15, -0.1) is 0 Å². The number of nitrogens with one attached hydrogen (secondary N) is 2. The second-order valence-electron chi connectivity index (χ2n) is 5.84. The van der Waals surface area contributed by atoms with E-state index in [0.29, 0.717) is 18.7 Å². The Balaban J connectivity index is 2.26. The Hall–Kier alpha value is -3.26. The molecule has 0 aliphatic rings. The maximum absolute atomic E-state index is 12.3. The van der Waals surface area contributed by atoms with Gasteiger partial charge in [0, 0.05) is 18.7 Å². The first-order valence-electron chi connectivity index (χ1n) is 7.97. The van der Waals surface area contributed by atoms with Gasteiger partial charge in [0.15, 0.2) is 0 Å². The zero-order valence-electron chi connectivity index (χ0n) is 14.6. The van der Waals surface area contributed by atoms with Crippen molar-refractivity contribution in [3.8, 4) is 0 Å². The van der Waals surface area contributed by atoms with E-state index < -0.39 is 22.4 Å². The van der Waals surface area contributed by atoms with Crippen LogP contribution in [0.25, 0.3) is 0 Å². The number of likely N-dealkylation sites (N-methyl/N-ethyl adjacent to an activating group) is 1. The maximum atomic E-state index is 12.3. The first kappa shape index (κ1) is 19.1. The van der Waals surface area contributed by atoms with Gasteiger partial charge in [0.2, 0.25) is 0 Å². The van der Waals surface area contributed by atoms with Crippen LogP contribution >= 0.6 is 0 Å². The average Bonchev–Trinajstić information content (AvgIpc) is 2.61. The molecule has 0 saturated carbocycles. The van der Waals surface area contributed by atoms with Crippen LogP contribution in [0.1, 0.15) is 20.7 Å². The first-order valence-corrected chi connectivity index (χ1v) is 7.97. The molecule has 2 aromatic rings. The molecule has 2 aromatic carbocycles. The van der Waals surface area contributed by atoms with Crippen molar-refractivity contribution in [2.45, 2.75) is 0 Å². The monoisotopic (exact) mass is 356 g/mol. The van der Waals surface area contributed by atoms with Gasteiger partial charge in [0.25, 0.3) is 11.8 Å². The topological polar surface area (TPSA) is 105 Å². The van der Waals surface area contributed by atoms with Gasteiger partial charge in [0.1, 0.15) is 11.3 Å². The largest absolute Gasteiger partial charge is 0.351 e. The van der Waals surface area contributed by atoms with Crippen LogP contribution in [-0.2, 0) is 0 Å². The summed E-state index contributed by atoms with van der Waals surface area (Å²) in [5.74, 6) is -1.05. The summed E-state index contributed by atoms with van der Waals surface area (Å²) in [6, 6.07) is 12.6. The van der Waals surface area contributed by atoms with E-state index in [2.05, 4.69) is 10.6 Å². The van der Waals surface area contributed by atoms with E-state index in [9.17, 15) is 19.7 Å². The molecule has 26 heavy (non-hydrogen) atoms. The SMILES string of the molecule is CN(C)CCNC(=O)c1cccc(NC(=O)c2ccccc2)c1[N+](=O)[O-]. The van der Waals surface area contributed by atoms with Gasteiger partial charge in [-0.25, -0.2) is 0 Å². The quantitative estimate of drug-likeness (QED) is 0.584. The number of benzene rings is 2. The van der Waals surface area contributed by atoms with E-state index in [4.69, 9.17) is 0 Å². The molecule has 0 aliphatic carbocycles. The third-order valence-electron chi connectivity index (χ3n) is 3.59. The summed E-state index contributed by atoms with van der Waals surface area (Å²) in [6.07, 6.45) is 0. The Labute approximate surface area is 151 Å². The Bertz CT molecular complexity index is 806. The molecule has 0 radical (unpaired) electrons. The molecule has 0 saturated heterocycles. The van der Waals surface area contributed by atoms with Crippen molar-refractivity contribution in [3.63, 3.8) is 0 Å². The smallest absolute Gasteiger partial charge is 0.305 e. The molecule has 136 valence electrons. The van der Waals surface area contributed by atoms with Crippen LogP contribution in [-0.4, -0.2) is 48.8 Å². The van der Waals surface area contributed by atoms with Gasteiger partial charge < -0.3 is 15.5 Å². The highest BCUT2D eigenvalue weighted by atomic mass is 16.6. The number of amides is 2. The lowest BCUT2D eigenvalue weighted by Gasteiger charge is -2.12. The van der Waals surface area contributed by atoms with Crippen LogP contribution in [0, 0.1) is 10.1 Å². The van der Waals surface area contributed by atoms with E-state index in [1.807, 2.05) is 19.0 Å². The average molecular weight is 356 g/mol. The van der Waals surface area contributed by atoms with Gasteiger partial charge in [-0.1, -0.05) is 24.3 Å². The van der Waals surface area contributed by atoms with E-state index in [1.54, 1.807) is 30.3 Å². The number of hydrogen-bond acceptors (Lipinski definition) is 5. The van der Waals surface area contributed by atoms with Gasteiger partial charge in [-0.3, -0.25) is 19.7 Å². The van der Waals surface area contributed by atoms with E-state index in [0.717, 1.165) is 0 Å². The number of nitrogens with zero attached hydrogens (tertiary/aromatic N) is 2. The molecule has 2 rings (SSSR count). The minimum absolute atomic E-state index is 0.0240. The molecular formula is C18H20N4O4. The van der Waals surface area contributed by atoms with Crippen molar-refractivity contribution in [1.29, 1.82) is 0 Å². The van der Waals surface area contributed by atoms with E-state index >= 15 is 0 Å². The number of carbonyl (C=O) groups is 2. The predicted molar refractivity (Wildman–Crippen MR) is 98.4 cm³/mol. The fourth-order valence-corrected chi connectivity index (χ4v) is 2.30. The van der Waals surface area contributed by atoms with Crippen LogP contribution in [0.2, 0.25) is 0 Å². The number of hydrogen-bond donors (Lipinski definition) is 2. The lowest BCUT2D eigenvalue weighted by molar-refractivity contribution is -0.384. The van der Waals surface area contributed by atoms with Crippen LogP contribution in [0.15, 0.2) is 48.5 Å². The molecule has 0 bridgehead atoms. The Morgan fingerprint density at radius 3 is 2.35 bits per heavy atom. The molecule has 0 atom stereocenters. The second kappa shape index (κ2) is 8.72. The minimum Gasteiger partial charge on any atom is -0.351 e. The normalized spacial score (nSPS) is 10.4. The summed E-state index contributed by atoms with van der Waals surface area (Å²) in [7, 11) is 3.71. The molecular weight excluding hydrogens is 336 g/mol. The third kappa shape index (κ3) is 4.87. The Morgan fingerprint density at radius 1 is 1.04 bits per heavy atom. The highest BCUT2D eigenvalue weighted by Crippen LogP contribution is 2.29. The van der Waals surface area contributed by atoms with Gasteiger partial charge >= 0.3 is 5.69 Å². The van der Waals surface area contributed by atoms with Crippen LogP contribution in [0.5, 0.6) is 0 Å². The highest BCUT2D eigenvalue weighted by Gasteiger charge is 2.25. The highest BCUT2D eigenvalue weighted by molar-refractivity contribution is 6.08. The zero-order valence-corrected chi connectivity index (χ0v) is 14.6. The third-order valence-corrected chi connectivity index (χ3v) is 3.59. The summed E-state index contributed by atoms with van der Waals surface area (Å²) in [5, 5.41) is 16.7. The van der Waals surface area contributed by atoms with Crippen molar-refractivity contribution in [2.75, 3.05) is 32.5 Å². The standard InChI is InChI=1S/C18H20N4O4/c1-21(2)12-11-19-18(24)14-9-6-10-15(16(14)22(25)26)20-17(23)13-7-4-3-5-8-13/h3-10H,11-12H2,1-2H3,(H,19,24)(H,20,23). The van der Waals surface area contributed by atoms with Gasteiger partial charge in [-0.05, 0) is 38.4 Å². The van der Waals surface area contributed by atoms with Crippen molar-refractivity contribution in [3.05, 3.63) is 69.8 Å². The minimum atomic E-state index is -0.665. The molecule has 0 fully saturated rings. The lowest BCUT2D eigenvalue weighted by atomic mass is 10.1. The fourth-order valence-electron chi connectivity index (χ4n) is 2.30. The van der Waals surface area contributed by atoms with Crippen LogP contribution in [0.4, 0.5) is 11.4 Å². The zero-order chi connectivity index (χ0) is 19.1. The maximum Gasteiger partial charge on any atom is 0.305 e. The van der Waals surface area contributed by atoms with Crippen molar-refractivity contribution < 1.29 is 14.5 Å².